The van der Waals surface area contributed by atoms with Crippen molar-refractivity contribution in [2.45, 2.75) is 45.4 Å². The molecular formula is C18H29N3O3. The molecule has 1 heterocycles. The molecule has 1 amide bonds. The van der Waals surface area contributed by atoms with Gasteiger partial charge in [-0.1, -0.05) is 12.1 Å². The zero-order valence-electron chi connectivity index (χ0n) is 15.0. The second-order valence-electron chi connectivity index (χ2n) is 7.21. The van der Waals surface area contributed by atoms with Gasteiger partial charge in [0.25, 0.3) is 0 Å². The smallest absolute Gasteiger partial charge is 0.407 e. The fourth-order valence-electron chi connectivity index (χ4n) is 2.59. The maximum atomic E-state index is 11.8. The van der Waals surface area contributed by atoms with Crippen molar-refractivity contribution in [2.24, 2.45) is 5.73 Å². The van der Waals surface area contributed by atoms with Crippen LogP contribution >= 0.6 is 0 Å². The summed E-state index contributed by atoms with van der Waals surface area (Å²) in [5, 5.41) is 2.78. The summed E-state index contributed by atoms with van der Waals surface area (Å²) in [7, 11) is 0. The molecule has 1 aromatic carbocycles. The van der Waals surface area contributed by atoms with Crippen LogP contribution in [0.4, 0.5) is 10.5 Å². The number of hydrogen-bond donors (Lipinski definition) is 2. The van der Waals surface area contributed by atoms with Gasteiger partial charge in [-0.3, -0.25) is 0 Å². The number of benzene rings is 1. The predicted molar refractivity (Wildman–Crippen MR) is 95.2 cm³/mol. The third-order valence-corrected chi connectivity index (χ3v) is 3.77. The Morgan fingerprint density at radius 3 is 2.92 bits per heavy atom. The van der Waals surface area contributed by atoms with E-state index in [-0.39, 0.29) is 12.1 Å². The number of rotatable bonds is 4. The zero-order valence-corrected chi connectivity index (χ0v) is 15.0. The monoisotopic (exact) mass is 335 g/mol. The first-order valence-corrected chi connectivity index (χ1v) is 8.43. The number of hydrogen-bond acceptors (Lipinski definition) is 5. The Kier molecular flexibility index (Phi) is 6.07. The van der Waals surface area contributed by atoms with Crippen molar-refractivity contribution in [3.63, 3.8) is 0 Å². The maximum Gasteiger partial charge on any atom is 0.407 e. The molecule has 134 valence electrons. The summed E-state index contributed by atoms with van der Waals surface area (Å²) in [5.74, 6) is 0. The molecular weight excluding hydrogens is 306 g/mol. The largest absolute Gasteiger partial charge is 0.444 e. The minimum absolute atomic E-state index is 0.00984. The highest BCUT2D eigenvalue weighted by molar-refractivity contribution is 5.67. The molecule has 24 heavy (non-hydrogen) atoms. The molecule has 1 fully saturated rings. The molecule has 0 spiro atoms. The summed E-state index contributed by atoms with van der Waals surface area (Å²) in [4.78, 5) is 14.0. The van der Waals surface area contributed by atoms with Gasteiger partial charge in [0, 0.05) is 31.4 Å². The lowest BCUT2D eigenvalue weighted by Crippen LogP contribution is -2.48. The van der Waals surface area contributed by atoms with Gasteiger partial charge in [-0.2, -0.15) is 0 Å². The normalized spacial score (nSPS) is 19.7. The van der Waals surface area contributed by atoms with Crippen LogP contribution in [0, 0.1) is 0 Å². The Morgan fingerprint density at radius 1 is 1.50 bits per heavy atom. The quantitative estimate of drug-likeness (QED) is 0.884. The van der Waals surface area contributed by atoms with E-state index in [1.54, 1.807) is 0 Å². The van der Waals surface area contributed by atoms with Crippen molar-refractivity contribution in [1.29, 1.82) is 0 Å². The molecule has 2 unspecified atom stereocenters. The van der Waals surface area contributed by atoms with Gasteiger partial charge in [-0.25, -0.2) is 4.79 Å². The highest BCUT2D eigenvalue weighted by Crippen LogP contribution is 2.21. The van der Waals surface area contributed by atoms with Crippen LogP contribution in [0.1, 0.15) is 39.3 Å². The molecule has 3 N–H and O–H groups in total. The molecule has 1 aliphatic rings. The van der Waals surface area contributed by atoms with Crippen molar-refractivity contribution < 1.29 is 14.3 Å². The van der Waals surface area contributed by atoms with Crippen LogP contribution < -0.4 is 16.0 Å². The average molecular weight is 335 g/mol. The van der Waals surface area contributed by atoms with Gasteiger partial charge in [0.05, 0.1) is 12.7 Å². The number of anilines is 1. The van der Waals surface area contributed by atoms with E-state index in [0.29, 0.717) is 13.2 Å². The highest BCUT2D eigenvalue weighted by atomic mass is 16.6. The third kappa shape index (κ3) is 5.69. The summed E-state index contributed by atoms with van der Waals surface area (Å²) in [6.45, 7) is 10.1. The SMILES string of the molecule is CC(N)c1cccc(N2CCOC(CNC(=O)OC(C)(C)C)C2)c1. The van der Waals surface area contributed by atoms with E-state index in [1.165, 1.54) is 0 Å². The summed E-state index contributed by atoms with van der Waals surface area (Å²) in [6, 6.07) is 8.27. The number of carbonyl (C=O) groups is 1. The van der Waals surface area contributed by atoms with Gasteiger partial charge in [-0.15, -0.1) is 0 Å². The van der Waals surface area contributed by atoms with Gasteiger partial charge in [0.2, 0.25) is 0 Å². The molecule has 0 aliphatic carbocycles. The number of amides is 1. The van der Waals surface area contributed by atoms with Crippen LogP contribution in [0.25, 0.3) is 0 Å². The van der Waals surface area contributed by atoms with Gasteiger partial charge >= 0.3 is 6.09 Å². The number of alkyl carbamates (subject to hydrolysis) is 1. The van der Waals surface area contributed by atoms with Crippen molar-refractivity contribution in [3.8, 4) is 0 Å². The minimum atomic E-state index is -0.497. The summed E-state index contributed by atoms with van der Waals surface area (Å²) in [5.41, 5.74) is 7.72. The second kappa shape index (κ2) is 7.85. The number of carbonyl (C=O) groups excluding carboxylic acids is 1. The van der Waals surface area contributed by atoms with E-state index in [9.17, 15) is 4.79 Å². The lowest BCUT2D eigenvalue weighted by atomic mass is 10.1. The standard InChI is InChI=1S/C18H29N3O3/c1-13(19)14-6-5-7-15(10-14)21-8-9-23-16(12-21)11-20-17(22)24-18(2,3)4/h5-7,10,13,16H,8-9,11-12,19H2,1-4H3,(H,20,22). The van der Waals surface area contributed by atoms with Crippen molar-refractivity contribution in [3.05, 3.63) is 29.8 Å². The number of morpholine rings is 1. The van der Waals surface area contributed by atoms with E-state index >= 15 is 0 Å². The number of nitrogens with two attached hydrogens (primary N) is 1. The van der Waals surface area contributed by atoms with Crippen molar-refractivity contribution in [1.82, 2.24) is 5.32 Å². The molecule has 0 aromatic heterocycles. The lowest BCUT2D eigenvalue weighted by molar-refractivity contribution is 0.0283. The van der Waals surface area contributed by atoms with Crippen LogP contribution in [0.5, 0.6) is 0 Å². The van der Waals surface area contributed by atoms with Gasteiger partial charge in [-0.05, 0) is 45.4 Å². The number of nitrogens with one attached hydrogen (secondary N) is 1. The van der Waals surface area contributed by atoms with E-state index in [0.717, 1.165) is 24.3 Å². The Bertz CT molecular complexity index is 555. The highest BCUT2D eigenvalue weighted by Gasteiger charge is 2.23. The fraction of sp³-hybridized carbons (Fsp3) is 0.611. The first-order chi connectivity index (χ1) is 11.2. The Balaban J connectivity index is 1.90. The number of nitrogens with zero attached hydrogens (tertiary/aromatic N) is 1. The average Bonchev–Trinajstić information content (AvgIpc) is 2.52. The van der Waals surface area contributed by atoms with Crippen molar-refractivity contribution in [2.75, 3.05) is 31.1 Å². The Hall–Kier alpha value is -1.79. The third-order valence-electron chi connectivity index (χ3n) is 3.77. The molecule has 0 bridgehead atoms. The molecule has 1 aromatic rings. The van der Waals surface area contributed by atoms with Crippen LogP contribution in [-0.4, -0.2) is 44.0 Å². The molecule has 2 atom stereocenters. The van der Waals surface area contributed by atoms with E-state index in [1.807, 2.05) is 39.8 Å². The van der Waals surface area contributed by atoms with E-state index < -0.39 is 11.7 Å². The summed E-state index contributed by atoms with van der Waals surface area (Å²) in [6.07, 6.45) is -0.479. The summed E-state index contributed by atoms with van der Waals surface area (Å²) < 4.78 is 11.0. The fourth-order valence-corrected chi connectivity index (χ4v) is 2.59. The van der Waals surface area contributed by atoms with Crippen LogP contribution in [0.3, 0.4) is 0 Å². The predicted octanol–water partition coefficient (Wildman–Crippen LogP) is 2.44. The minimum Gasteiger partial charge on any atom is -0.444 e. The van der Waals surface area contributed by atoms with E-state index in [4.69, 9.17) is 15.2 Å². The molecule has 1 saturated heterocycles. The Labute approximate surface area is 144 Å². The maximum absolute atomic E-state index is 11.8. The topological polar surface area (TPSA) is 76.8 Å². The molecule has 6 heteroatoms. The molecule has 1 aliphatic heterocycles. The first kappa shape index (κ1) is 18.5. The molecule has 0 saturated carbocycles. The second-order valence-corrected chi connectivity index (χ2v) is 7.21. The van der Waals surface area contributed by atoms with Gasteiger partial charge in [0.1, 0.15) is 5.60 Å². The molecule has 6 nitrogen and oxygen atoms in total. The Morgan fingerprint density at radius 2 is 2.25 bits per heavy atom. The van der Waals surface area contributed by atoms with E-state index in [2.05, 4.69) is 22.3 Å². The van der Waals surface area contributed by atoms with Crippen LogP contribution in [-0.2, 0) is 9.47 Å². The summed E-state index contributed by atoms with van der Waals surface area (Å²) >= 11 is 0. The lowest BCUT2D eigenvalue weighted by Gasteiger charge is -2.35. The number of ether oxygens (including phenoxy) is 2. The van der Waals surface area contributed by atoms with Crippen molar-refractivity contribution >= 4 is 11.8 Å². The molecule has 0 radical (unpaired) electrons. The zero-order chi connectivity index (χ0) is 17.7. The molecule has 2 rings (SSSR count). The van der Waals surface area contributed by atoms with Gasteiger partial charge < -0.3 is 25.4 Å². The van der Waals surface area contributed by atoms with Crippen LogP contribution in [0.2, 0.25) is 0 Å². The van der Waals surface area contributed by atoms with Crippen LogP contribution in [0.15, 0.2) is 24.3 Å². The first-order valence-electron chi connectivity index (χ1n) is 8.43. The van der Waals surface area contributed by atoms with Gasteiger partial charge in [0.15, 0.2) is 0 Å².